The molecule has 0 bridgehead atoms. The summed E-state index contributed by atoms with van der Waals surface area (Å²) in [6.07, 6.45) is -0.669. The van der Waals surface area contributed by atoms with Crippen molar-refractivity contribution in [3.63, 3.8) is 0 Å². The van der Waals surface area contributed by atoms with Gasteiger partial charge in [0, 0.05) is 0 Å². The van der Waals surface area contributed by atoms with Crippen molar-refractivity contribution in [2.45, 2.75) is 57.5 Å². The second-order valence-electron chi connectivity index (χ2n) is 7.97. The van der Waals surface area contributed by atoms with Crippen LogP contribution in [-0.4, -0.2) is 6.18 Å². The van der Waals surface area contributed by atoms with Crippen molar-refractivity contribution in [3.8, 4) is 0 Å². The van der Waals surface area contributed by atoms with Gasteiger partial charge in [-0.1, -0.05) is 42.0 Å². The highest BCUT2D eigenvalue weighted by molar-refractivity contribution is 5.29. The molecular weight excluding hydrogens is 383 g/mol. The number of alkyl halides is 3. The lowest BCUT2D eigenvalue weighted by Crippen LogP contribution is -2.15. The minimum Gasteiger partial charge on any atom is -0.207 e. The Bertz CT molecular complexity index is 841. The van der Waals surface area contributed by atoms with Gasteiger partial charge in [-0.15, -0.1) is 0 Å². The van der Waals surface area contributed by atoms with Crippen LogP contribution >= 0.6 is 0 Å². The summed E-state index contributed by atoms with van der Waals surface area (Å²) >= 11 is 0. The molecule has 0 radical (unpaired) electrons. The SMILES string of the molecule is Cc1ccc(CCc2ccc(C3CCC(C=C(F)C(F)(F)F)CC3)c(F)c2)cc1. The Balaban J connectivity index is 1.57. The van der Waals surface area contributed by atoms with Crippen molar-refractivity contribution in [3.05, 3.63) is 82.4 Å². The first-order chi connectivity index (χ1) is 13.7. The molecule has 2 aromatic rings. The predicted molar refractivity (Wildman–Crippen MR) is 105 cm³/mol. The minimum atomic E-state index is -4.92. The van der Waals surface area contributed by atoms with Gasteiger partial charge in [0.15, 0.2) is 5.83 Å². The van der Waals surface area contributed by atoms with Gasteiger partial charge in [-0.25, -0.2) is 8.78 Å². The van der Waals surface area contributed by atoms with Gasteiger partial charge in [0.05, 0.1) is 0 Å². The highest BCUT2D eigenvalue weighted by atomic mass is 19.4. The average molecular weight is 408 g/mol. The molecule has 0 N–H and O–H groups in total. The number of aryl methyl sites for hydroxylation is 3. The summed E-state index contributed by atoms with van der Waals surface area (Å²) in [6, 6.07) is 13.6. The van der Waals surface area contributed by atoms with Crippen LogP contribution in [-0.2, 0) is 12.8 Å². The van der Waals surface area contributed by atoms with E-state index in [0.717, 1.165) is 18.4 Å². The molecule has 1 aliphatic rings. The third kappa shape index (κ3) is 5.91. The van der Waals surface area contributed by atoms with Crippen LogP contribution in [0.4, 0.5) is 22.0 Å². The van der Waals surface area contributed by atoms with E-state index < -0.39 is 17.9 Å². The molecule has 3 rings (SSSR count). The zero-order chi connectivity index (χ0) is 21.0. The zero-order valence-corrected chi connectivity index (χ0v) is 16.4. The molecule has 0 saturated heterocycles. The molecule has 1 fully saturated rings. The molecule has 156 valence electrons. The van der Waals surface area contributed by atoms with Gasteiger partial charge in [0.25, 0.3) is 0 Å². The zero-order valence-electron chi connectivity index (χ0n) is 16.4. The van der Waals surface area contributed by atoms with Crippen molar-refractivity contribution in [2.75, 3.05) is 0 Å². The van der Waals surface area contributed by atoms with Crippen molar-refractivity contribution in [1.29, 1.82) is 0 Å². The Hall–Kier alpha value is -2.17. The van der Waals surface area contributed by atoms with E-state index in [0.29, 0.717) is 37.3 Å². The molecule has 29 heavy (non-hydrogen) atoms. The number of hydrogen-bond acceptors (Lipinski definition) is 0. The predicted octanol–water partition coefficient (Wildman–Crippen LogP) is 7.61. The van der Waals surface area contributed by atoms with Crippen molar-refractivity contribution < 1.29 is 22.0 Å². The average Bonchev–Trinajstić information content (AvgIpc) is 2.68. The molecule has 1 aliphatic carbocycles. The lowest BCUT2D eigenvalue weighted by Gasteiger charge is -2.27. The number of hydrogen-bond donors (Lipinski definition) is 0. The van der Waals surface area contributed by atoms with Gasteiger partial charge in [-0.3, -0.25) is 0 Å². The maximum absolute atomic E-state index is 14.7. The molecule has 2 aromatic carbocycles. The van der Waals surface area contributed by atoms with Gasteiger partial charge in [0.2, 0.25) is 0 Å². The van der Waals surface area contributed by atoms with Crippen LogP contribution in [0.3, 0.4) is 0 Å². The number of rotatable bonds is 5. The fourth-order valence-corrected chi connectivity index (χ4v) is 4.00. The van der Waals surface area contributed by atoms with Gasteiger partial charge in [-0.05, 0) is 86.1 Å². The largest absolute Gasteiger partial charge is 0.442 e. The van der Waals surface area contributed by atoms with Crippen LogP contribution in [0.25, 0.3) is 0 Å². The Labute approximate surface area is 168 Å². The summed E-state index contributed by atoms with van der Waals surface area (Å²) in [6.45, 7) is 2.04. The van der Waals surface area contributed by atoms with Crippen LogP contribution in [0.15, 0.2) is 54.4 Å². The van der Waals surface area contributed by atoms with Crippen LogP contribution < -0.4 is 0 Å². The van der Waals surface area contributed by atoms with Crippen LogP contribution in [0.1, 0.15) is 53.9 Å². The second-order valence-corrected chi connectivity index (χ2v) is 7.97. The van der Waals surface area contributed by atoms with Crippen LogP contribution in [0.5, 0.6) is 0 Å². The lowest BCUT2D eigenvalue weighted by atomic mass is 9.78. The summed E-state index contributed by atoms with van der Waals surface area (Å²) in [5.41, 5.74) is 3.95. The van der Waals surface area contributed by atoms with Crippen molar-refractivity contribution in [2.24, 2.45) is 5.92 Å². The number of allylic oxidation sites excluding steroid dienone is 2. The van der Waals surface area contributed by atoms with Gasteiger partial charge < -0.3 is 0 Å². The molecule has 0 unspecified atom stereocenters. The highest BCUT2D eigenvalue weighted by Crippen LogP contribution is 2.39. The number of halogens is 5. The molecule has 0 heterocycles. The Morgan fingerprint density at radius 2 is 1.52 bits per heavy atom. The first-order valence-electron chi connectivity index (χ1n) is 10.0. The molecule has 0 aliphatic heterocycles. The molecule has 0 amide bonds. The summed E-state index contributed by atoms with van der Waals surface area (Å²) in [5.74, 6) is -2.75. The Kier molecular flexibility index (Phi) is 6.76. The molecular formula is C24H25F5. The highest BCUT2D eigenvalue weighted by Gasteiger charge is 2.35. The van der Waals surface area contributed by atoms with E-state index in [-0.39, 0.29) is 11.7 Å². The second kappa shape index (κ2) is 9.10. The summed E-state index contributed by atoms with van der Waals surface area (Å²) in [4.78, 5) is 0. The van der Waals surface area contributed by atoms with Crippen LogP contribution in [0, 0.1) is 18.7 Å². The quantitative estimate of drug-likeness (QED) is 0.447. The monoisotopic (exact) mass is 408 g/mol. The third-order valence-electron chi connectivity index (χ3n) is 5.75. The first-order valence-corrected chi connectivity index (χ1v) is 10.0. The van der Waals surface area contributed by atoms with E-state index >= 15 is 0 Å². The maximum Gasteiger partial charge on any atom is 0.442 e. The standard InChI is InChI=1S/C24H25F5/c1-16-2-4-17(5-3-16)6-7-18-10-13-21(22(25)14-18)20-11-8-19(9-12-20)15-23(26)24(27,28)29/h2-5,10,13-15,19-20H,6-9,11-12H2,1H3. The molecule has 1 saturated carbocycles. The van der Waals surface area contributed by atoms with Crippen LogP contribution in [0.2, 0.25) is 0 Å². The Morgan fingerprint density at radius 1 is 0.931 bits per heavy atom. The maximum atomic E-state index is 14.7. The molecule has 0 spiro atoms. The Morgan fingerprint density at radius 3 is 2.10 bits per heavy atom. The summed E-state index contributed by atoms with van der Waals surface area (Å²) in [5, 5.41) is 0. The van der Waals surface area contributed by atoms with Crippen molar-refractivity contribution >= 4 is 0 Å². The van der Waals surface area contributed by atoms with E-state index in [9.17, 15) is 22.0 Å². The molecule has 5 heteroatoms. The molecule has 0 aromatic heterocycles. The topological polar surface area (TPSA) is 0 Å². The molecule has 0 atom stereocenters. The van der Waals surface area contributed by atoms with Gasteiger partial charge in [-0.2, -0.15) is 13.2 Å². The van der Waals surface area contributed by atoms with Gasteiger partial charge >= 0.3 is 6.18 Å². The lowest BCUT2D eigenvalue weighted by molar-refractivity contribution is -0.109. The van der Waals surface area contributed by atoms with E-state index in [4.69, 9.17) is 0 Å². The minimum absolute atomic E-state index is 0.0280. The van der Waals surface area contributed by atoms with Crippen molar-refractivity contribution in [1.82, 2.24) is 0 Å². The van der Waals surface area contributed by atoms with Gasteiger partial charge in [0.1, 0.15) is 5.82 Å². The fourth-order valence-electron chi connectivity index (χ4n) is 4.00. The normalized spacial score (nSPS) is 20.7. The first kappa shape index (κ1) is 21.5. The number of benzene rings is 2. The van der Waals surface area contributed by atoms with E-state index in [1.165, 1.54) is 11.1 Å². The fraction of sp³-hybridized carbons (Fsp3) is 0.417. The summed E-state index contributed by atoms with van der Waals surface area (Å²) in [7, 11) is 0. The van der Waals surface area contributed by atoms with E-state index in [2.05, 4.69) is 24.3 Å². The summed E-state index contributed by atoms with van der Waals surface area (Å²) < 4.78 is 64.8. The molecule has 0 nitrogen and oxygen atoms in total. The third-order valence-corrected chi connectivity index (χ3v) is 5.75. The van der Waals surface area contributed by atoms with E-state index in [1.54, 1.807) is 12.1 Å². The van der Waals surface area contributed by atoms with E-state index in [1.807, 2.05) is 13.0 Å². The smallest absolute Gasteiger partial charge is 0.207 e.